The van der Waals surface area contributed by atoms with E-state index in [-0.39, 0.29) is 5.54 Å². The Kier molecular flexibility index (Phi) is 7.37. The summed E-state index contributed by atoms with van der Waals surface area (Å²) in [5.74, 6) is 0. The van der Waals surface area contributed by atoms with E-state index in [9.17, 15) is 5.26 Å². The molecule has 1 heterocycles. The molecule has 2 atom stereocenters. The fraction of sp³-hybridized carbons (Fsp3) is 0.933. The van der Waals surface area contributed by atoms with Crippen LogP contribution >= 0.6 is 0 Å². The molecule has 0 radical (unpaired) electrons. The third-order valence-electron chi connectivity index (χ3n) is 3.98. The van der Waals surface area contributed by atoms with E-state index in [1.807, 2.05) is 6.92 Å². The van der Waals surface area contributed by atoms with E-state index in [0.29, 0.717) is 6.04 Å². The van der Waals surface area contributed by atoms with E-state index in [4.69, 9.17) is 4.74 Å². The monoisotopic (exact) mass is 267 g/mol. The van der Waals surface area contributed by atoms with Crippen LogP contribution in [0, 0.1) is 11.3 Å². The second kappa shape index (κ2) is 8.52. The van der Waals surface area contributed by atoms with Crippen LogP contribution in [0.3, 0.4) is 0 Å². The van der Waals surface area contributed by atoms with Crippen LogP contribution < -0.4 is 5.32 Å². The second-order valence-corrected chi connectivity index (χ2v) is 5.83. The van der Waals surface area contributed by atoms with Crippen molar-refractivity contribution in [3.05, 3.63) is 0 Å². The quantitative estimate of drug-likeness (QED) is 0.650. The normalized spacial score (nSPS) is 22.4. The Morgan fingerprint density at radius 3 is 2.84 bits per heavy atom. The predicted molar refractivity (Wildman–Crippen MR) is 78.0 cm³/mol. The molecule has 0 aliphatic carbocycles. The first-order chi connectivity index (χ1) is 9.11. The van der Waals surface area contributed by atoms with Gasteiger partial charge < -0.3 is 9.64 Å². The van der Waals surface area contributed by atoms with Crippen molar-refractivity contribution in [1.82, 2.24) is 10.2 Å². The molecule has 0 saturated carbocycles. The first-order valence-electron chi connectivity index (χ1n) is 7.55. The Hall–Kier alpha value is -0.630. The molecule has 1 saturated heterocycles. The van der Waals surface area contributed by atoms with Crippen LogP contribution in [0.4, 0.5) is 0 Å². The topological polar surface area (TPSA) is 48.3 Å². The average Bonchev–Trinajstić information content (AvgIpc) is 2.95. The summed E-state index contributed by atoms with van der Waals surface area (Å²) in [7, 11) is 2.18. The minimum Gasteiger partial charge on any atom is -0.380 e. The number of ether oxygens (including phenoxy) is 1. The van der Waals surface area contributed by atoms with Gasteiger partial charge in [0.25, 0.3) is 0 Å². The molecule has 0 bridgehead atoms. The number of hydrogen-bond donors (Lipinski definition) is 1. The lowest BCUT2D eigenvalue weighted by Crippen LogP contribution is -2.41. The Bertz CT molecular complexity index is 284. The number of nitrogens with zero attached hydrogens (tertiary/aromatic N) is 2. The van der Waals surface area contributed by atoms with E-state index >= 15 is 0 Å². The lowest BCUT2D eigenvalue weighted by Gasteiger charge is -2.25. The summed E-state index contributed by atoms with van der Waals surface area (Å²) < 4.78 is 5.41. The van der Waals surface area contributed by atoms with Crippen molar-refractivity contribution in [2.24, 2.45) is 0 Å². The van der Waals surface area contributed by atoms with Crippen molar-refractivity contribution in [3.63, 3.8) is 0 Å². The summed E-state index contributed by atoms with van der Waals surface area (Å²) in [5.41, 5.74) is -0.356. The smallest absolute Gasteiger partial charge is 0.103 e. The average molecular weight is 267 g/mol. The van der Waals surface area contributed by atoms with Crippen molar-refractivity contribution in [3.8, 4) is 6.07 Å². The van der Waals surface area contributed by atoms with Crippen LogP contribution in [0.2, 0.25) is 0 Å². The summed E-state index contributed by atoms with van der Waals surface area (Å²) in [5, 5.41) is 12.6. The van der Waals surface area contributed by atoms with Gasteiger partial charge in [0.2, 0.25) is 0 Å². The summed E-state index contributed by atoms with van der Waals surface area (Å²) in [6, 6.07) is 3.01. The Morgan fingerprint density at radius 1 is 1.47 bits per heavy atom. The molecule has 4 heteroatoms. The molecule has 19 heavy (non-hydrogen) atoms. The molecule has 1 fully saturated rings. The van der Waals surface area contributed by atoms with Crippen LogP contribution in [0.15, 0.2) is 0 Å². The molecule has 0 aromatic rings. The standard InChI is InChI=1S/C15H29N3O/c1-4-9-17-15(2,13-16)8-5-6-10-18(3)14-7-11-19-12-14/h14,17H,4-12H2,1-3H3. The van der Waals surface area contributed by atoms with E-state index in [2.05, 4.69) is 30.3 Å². The van der Waals surface area contributed by atoms with Gasteiger partial charge in [-0.05, 0) is 59.2 Å². The lowest BCUT2D eigenvalue weighted by atomic mass is 9.96. The molecule has 1 aliphatic rings. The minimum atomic E-state index is -0.356. The third kappa shape index (κ3) is 5.90. The van der Waals surface area contributed by atoms with Crippen LogP contribution in [0.25, 0.3) is 0 Å². The van der Waals surface area contributed by atoms with Gasteiger partial charge >= 0.3 is 0 Å². The van der Waals surface area contributed by atoms with Crippen molar-refractivity contribution >= 4 is 0 Å². The maximum atomic E-state index is 9.25. The van der Waals surface area contributed by atoms with E-state index < -0.39 is 0 Å². The molecule has 0 spiro atoms. The zero-order chi connectivity index (χ0) is 14.1. The molecule has 0 aromatic carbocycles. The summed E-state index contributed by atoms with van der Waals surface area (Å²) in [4.78, 5) is 2.40. The van der Waals surface area contributed by atoms with Crippen LogP contribution in [-0.2, 0) is 4.74 Å². The van der Waals surface area contributed by atoms with Gasteiger partial charge in [-0.3, -0.25) is 5.32 Å². The van der Waals surface area contributed by atoms with Crippen LogP contribution in [0.5, 0.6) is 0 Å². The van der Waals surface area contributed by atoms with Gasteiger partial charge in [0, 0.05) is 12.6 Å². The Morgan fingerprint density at radius 2 is 2.26 bits per heavy atom. The highest BCUT2D eigenvalue weighted by Gasteiger charge is 2.23. The number of likely N-dealkylation sites (N-methyl/N-ethyl adjacent to an activating group) is 1. The zero-order valence-corrected chi connectivity index (χ0v) is 12.7. The Balaban J connectivity index is 2.16. The maximum Gasteiger partial charge on any atom is 0.103 e. The number of unbranched alkanes of at least 4 members (excludes halogenated alkanes) is 1. The molecular formula is C15H29N3O. The van der Waals surface area contributed by atoms with Gasteiger partial charge in [-0.15, -0.1) is 0 Å². The van der Waals surface area contributed by atoms with Crippen molar-refractivity contribution < 1.29 is 4.74 Å². The number of rotatable bonds is 9. The second-order valence-electron chi connectivity index (χ2n) is 5.83. The largest absolute Gasteiger partial charge is 0.380 e. The van der Waals surface area contributed by atoms with Crippen LogP contribution in [0.1, 0.15) is 46.0 Å². The fourth-order valence-electron chi connectivity index (χ4n) is 2.48. The SMILES string of the molecule is CCCNC(C)(C#N)CCCCN(C)C1CCOC1. The summed E-state index contributed by atoms with van der Waals surface area (Å²) >= 11 is 0. The molecule has 1 N–H and O–H groups in total. The predicted octanol–water partition coefficient (Wildman–Crippen LogP) is 2.16. The highest BCUT2D eigenvalue weighted by molar-refractivity contribution is 5.03. The number of hydrogen-bond acceptors (Lipinski definition) is 4. The maximum absolute atomic E-state index is 9.25. The first-order valence-corrected chi connectivity index (χ1v) is 7.55. The Labute approximate surface area is 118 Å². The molecule has 1 aliphatic heterocycles. The van der Waals surface area contributed by atoms with Gasteiger partial charge in [-0.2, -0.15) is 5.26 Å². The molecule has 4 nitrogen and oxygen atoms in total. The fourth-order valence-corrected chi connectivity index (χ4v) is 2.48. The van der Waals surface area contributed by atoms with Gasteiger partial charge in [0.05, 0.1) is 12.7 Å². The molecular weight excluding hydrogens is 238 g/mol. The summed E-state index contributed by atoms with van der Waals surface area (Å²) in [6.45, 7) is 7.94. The molecule has 0 aromatic heterocycles. The van der Waals surface area contributed by atoms with E-state index in [0.717, 1.165) is 58.4 Å². The third-order valence-corrected chi connectivity index (χ3v) is 3.98. The van der Waals surface area contributed by atoms with Crippen molar-refractivity contribution in [2.75, 3.05) is 33.4 Å². The zero-order valence-electron chi connectivity index (χ0n) is 12.7. The minimum absolute atomic E-state index is 0.356. The molecule has 1 rings (SSSR count). The van der Waals surface area contributed by atoms with Crippen molar-refractivity contribution in [1.29, 1.82) is 5.26 Å². The number of nitriles is 1. The van der Waals surface area contributed by atoms with E-state index in [1.54, 1.807) is 0 Å². The van der Waals surface area contributed by atoms with Gasteiger partial charge in [0.15, 0.2) is 0 Å². The molecule has 2 unspecified atom stereocenters. The lowest BCUT2D eigenvalue weighted by molar-refractivity contribution is 0.158. The highest BCUT2D eigenvalue weighted by atomic mass is 16.5. The highest BCUT2D eigenvalue weighted by Crippen LogP contribution is 2.15. The van der Waals surface area contributed by atoms with Gasteiger partial charge in [-0.1, -0.05) is 6.92 Å². The van der Waals surface area contributed by atoms with Gasteiger partial charge in [-0.25, -0.2) is 0 Å². The number of nitrogens with one attached hydrogen (secondary N) is 1. The van der Waals surface area contributed by atoms with Gasteiger partial charge in [0.1, 0.15) is 5.54 Å². The van der Waals surface area contributed by atoms with Crippen molar-refractivity contribution in [2.45, 2.75) is 57.5 Å². The molecule has 110 valence electrons. The molecule has 0 amide bonds. The van der Waals surface area contributed by atoms with Crippen LogP contribution in [-0.4, -0.2) is 49.8 Å². The first kappa shape index (κ1) is 16.4. The summed E-state index contributed by atoms with van der Waals surface area (Å²) in [6.07, 6.45) is 5.40. The van der Waals surface area contributed by atoms with E-state index in [1.165, 1.54) is 0 Å².